The van der Waals surface area contributed by atoms with E-state index in [1.807, 2.05) is 0 Å². The van der Waals surface area contributed by atoms with Crippen LogP contribution in [0.4, 0.5) is 19.0 Å². The number of alkyl halides is 3. The summed E-state index contributed by atoms with van der Waals surface area (Å²) in [5.74, 6) is -0.922. The van der Waals surface area contributed by atoms with Gasteiger partial charge < -0.3 is 21.1 Å². The lowest BCUT2D eigenvalue weighted by Gasteiger charge is -2.26. The number of halogens is 3. The van der Waals surface area contributed by atoms with E-state index in [1.165, 1.54) is 0 Å². The number of aromatic nitrogens is 1. The fraction of sp³-hybridized carbons (Fsp3) is 0.417. The van der Waals surface area contributed by atoms with Crippen LogP contribution in [-0.4, -0.2) is 48.0 Å². The molecule has 1 aromatic heterocycles. The lowest BCUT2D eigenvalue weighted by atomic mass is 10.1. The zero-order valence-corrected chi connectivity index (χ0v) is 11.5. The molecule has 0 radical (unpaired) electrons. The second-order valence-electron chi connectivity index (χ2n) is 4.57. The van der Waals surface area contributed by atoms with Crippen LogP contribution in [0.25, 0.3) is 0 Å². The van der Waals surface area contributed by atoms with Gasteiger partial charge in [-0.05, 0) is 6.07 Å². The van der Waals surface area contributed by atoms with Crippen molar-refractivity contribution in [3.05, 3.63) is 23.4 Å². The molecule has 0 atom stereocenters. The monoisotopic (exact) mass is 316 g/mol. The van der Waals surface area contributed by atoms with E-state index in [1.54, 1.807) is 4.90 Å². The number of anilines is 1. The van der Waals surface area contributed by atoms with Crippen LogP contribution in [0.3, 0.4) is 0 Å². The number of nitrogens with one attached hydrogen (secondary N) is 1. The molecular weight excluding hydrogens is 301 g/mol. The maximum atomic E-state index is 13.0. The molecule has 1 aromatic rings. The van der Waals surface area contributed by atoms with E-state index in [-0.39, 0.29) is 11.8 Å². The minimum Gasteiger partial charge on any atom is -0.384 e. The molecule has 2 heterocycles. The highest BCUT2D eigenvalue weighted by Gasteiger charge is 2.35. The van der Waals surface area contributed by atoms with Crippen LogP contribution in [-0.2, 0) is 10.9 Å². The van der Waals surface area contributed by atoms with Crippen molar-refractivity contribution in [3.63, 3.8) is 0 Å². The molecule has 0 aromatic carbocycles. The zero-order valence-electron chi connectivity index (χ0n) is 11.5. The van der Waals surface area contributed by atoms with E-state index >= 15 is 0 Å². The molecule has 1 aliphatic heterocycles. The summed E-state index contributed by atoms with van der Waals surface area (Å²) in [5.41, 5.74) is 9.47. The quantitative estimate of drug-likeness (QED) is 0.520. The van der Waals surface area contributed by atoms with Crippen molar-refractivity contribution < 1.29 is 17.9 Å². The number of nitrogen functional groups attached to an aromatic ring is 1. The first-order valence-corrected chi connectivity index (χ1v) is 6.37. The summed E-state index contributed by atoms with van der Waals surface area (Å²) in [6, 6.07) is 0.691. The molecule has 7 nitrogen and oxygen atoms in total. The normalized spacial score (nSPS) is 16.7. The van der Waals surface area contributed by atoms with Gasteiger partial charge in [-0.15, -0.1) is 0 Å². The van der Waals surface area contributed by atoms with Crippen LogP contribution in [0.15, 0.2) is 17.3 Å². The first-order chi connectivity index (χ1) is 10.3. The lowest BCUT2D eigenvalue weighted by Crippen LogP contribution is -2.40. The molecule has 1 fully saturated rings. The molecule has 0 amide bonds. The number of guanidine groups is 1. The number of pyridine rings is 1. The van der Waals surface area contributed by atoms with Crippen molar-refractivity contribution in [2.45, 2.75) is 6.18 Å². The Morgan fingerprint density at radius 2 is 2.00 bits per heavy atom. The fourth-order valence-electron chi connectivity index (χ4n) is 1.93. The van der Waals surface area contributed by atoms with Crippen LogP contribution in [0.2, 0.25) is 0 Å². The lowest BCUT2D eigenvalue weighted by molar-refractivity contribution is -0.137. The number of hydrogen-bond donors (Lipinski definition) is 3. The van der Waals surface area contributed by atoms with Gasteiger partial charge in [0, 0.05) is 24.8 Å². The number of nitrogens with two attached hydrogens (primary N) is 2. The Hall–Kier alpha value is -2.36. The number of aliphatic imine (C=N–C) groups is 1. The Kier molecular flexibility index (Phi) is 4.50. The van der Waals surface area contributed by atoms with Crippen LogP contribution in [0, 0.1) is 5.41 Å². The van der Waals surface area contributed by atoms with Gasteiger partial charge in [-0.2, -0.15) is 18.2 Å². The standard InChI is InChI=1S/C12H15F3N6O/c13-12(14,15)8-5-9(16)19-6-7(8)10(17)20-11(18)21-1-3-22-4-2-21/h5-6H,1-4H2,(H2,16,19)(H3,17,18,20). The summed E-state index contributed by atoms with van der Waals surface area (Å²) in [6.07, 6.45) is -3.74. The third-order valence-corrected chi connectivity index (χ3v) is 3.04. The van der Waals surface area contributed by atoms with Crippen molar-refractivity contribution in [1.29, 1.82) is 5.41 Å². The first kappa shape index (κ1) is 16.0. The largest absolute Gasteiger partial charge is 0.417 e. The van der Waals surface area contributed by atoms with Gasteiger partial charge in [-0.3, -0.25) is 5.41 Å². The third-order valence-electron chi connectivity index (χ3n) is 3.04. The van der Waals surface area contributed by atoms with Crippen LogP contribution in [0.1, 0.15) is 11.1 Å². The molecule has 10 heteroatoms. The molecule has 0 unspecified atom stereocenters. The SMILES string of the molecule is N=C(N=C(N)c1cnc(N)cc1C(F)(F)F)N1CCOCC1. The smallest absolute Gasteiger partial charge is 0.384 e. The van der Waals surface area contributed by atoms with E-state index in [0.29, 0.717) is 32.4 Å². The number of hydrogen-bond acceptors (Lipinski definition) is 4. The third kappa shape index (κ3) is 3.64. The molecule has 120 valence electrons. The molecule has 22 heavy (non-hydrogen) atoms. The number of nitrogens with zero attached hydrogens (tertiary/aromatic N) is 3. The Balaban J connectivity index is 2.30. The molecule has 1 aliphatic rings. The van der Waals surface area contributed by atoms with Crippen LogP contribution in [0.5, 0.6) is 0 Å². The highest BCUT2D eigenvalue weighted by atomic mass is 19.4. The summed E-state index contributed by atoms with van der Waals surface area (Å²) in [5, 5.41) is 7.81. The first-order valence-electron chi connectivity index (χ1n) is 6.37. The number of morpholine rings is 1. The molecule has 0 bridgehead atoms. The van der Waals surface area contributed by atoms with Gasteiger partial charge in [-0.25, -0.2) is 4.98 Å². The van der Waals surface area contributed by atoms with Gasteiger partial charge in [0.15, 0.2) is 0 Å². The van der Waals surface area contributed by atoms with Gasteiger partial charge in [-0.1, -0.05) is 0 Å². The molecule has 0 aliphatic carbocycles. The van der Waals surface area contributed by atoms with E-state index in [4.69, 9.17) is 21.6 Å². The Bertz CT molecular complexity index is 595. The molecule has 0 saturated carbocycles. The second-order valence-corrected chi connectivity index (χ2v) is 4.57. The van der Waals surface area contributed by atoms with Crippen LogP contribution < -0.4 is 11.5 Å². The maximum absolute atomic E-state index is 13.0. The Labute approximate surface area is 124 Å². The summed E-state index contributed by atoms with van der Waals surface area (Å²) in [6.45, 7) is 1.72. The highest BCUT2D eigenvalue weighted by molar-refractivity contribution is 6.05. The van der Waals surface area contributed by atoms with Gasteiger partial charge in [0.25, 0.3) is 0 Å². The molecule has 5 N–H and O–H groups in total. The van der Waals surface area contributed by atoms with Gasteiger partial charge >= 0.3 is 6.18 Å². The summed E-state index contributed by atoms with van der Waals surface area (Å²) >= 11 is 0. The van der Waals surface area contributed by atoms with E-state index in [2.05, 4.69) is 9.98 Å². The van der Waals surface area contributed by atoms with Crippen molar-refractivity contribution in [3.8, 4) is 0 Å². The van der Waals surface area contributed by atoms with Gasteiger partial charge in [0.2, 0.25) is 5.96 Å². The van der Waals surface area contributed by atoms with Crippen molar-refractivity contribution in [2.24, 2.45) is 10.7 Å². The fourth-order valence-corrected chi connectivity index (χ4v) is 1.93. The van der Waals surface area contributed by atoms with E-state index < -0.39 is 23.1 Å². The average Bonchev–Trinajstić information content (AvgIpc) is 2.47. The highest BCUT2D eigenvalue weighted by Crippen LogP contribution is 2.32. The van der Waals surface area contributed by atoms with Crippen molar-refractivity contribution in [2.75, 3.05) is 32.0 Å². The van der Waals surface area contributed by atoms with Gasteiger partial charge in [0.1, 0.15) is 11.7 Å². The minimum absolute atomic E-state index is 0.217. The predicted molar refractivity (Wildman–Crippen MR) is 74.5 cm³/mol. The minimum atomic E-state index is -4.65. The summed E-state index contributed by atoms with van der Waals surface area (Å²) in [4.78, 5) is 8.91. The average molecular weight is 316 g/mol. The maximum Gasteiger partial charge on any atom is 0.417 e. The second kappa shape index (κ2) is 6.18. The van der Waals surface area contributed by atoms with E-state index in [9.17, 15) is 13.2 Å². The molecule has 0 spiro atoms. The molecule has 2 rings (SSSR count). The Morgan fingerprint density at radius 3 is 2.59 bits per heavy atom. The van der Waals surface area contributed by atoms with Crippen LogP contribution >= 0.6 is 0 Å². The Morgan fingerprint density at radius 1 is 1.36 bits per heavy atom. The topological polar surface area (TPSA) is 114 Å². The number of rotatable bonds is 1. The summed E-state index contributed by atoms with van der Waals surface area (Å²) < 4.78 is 44.1. The van der Waals surface area contributed by atoms with Gasteiger partial charge in [0.05, 0.1) is 18.8 Å². The van der Waals surface area contributed by atoms with Crippen molar-refractivity contribution in [1.82, 2.24) is 9.88 Å². The predicted octanol–water partition coefficient (Wildman–Crippen LogP) is 0.655. The van der Waals surface area contributed by atoms with E-state index in [0.717, 1.165) is 6.20 Å². The molecule has 1 saturated heterocycles. The summed E-state index contributed by atoms with van der Waals surface area (Å²) in [7, 11) is 0. The molecular formula is C12H15F3N6O. The number of ether oxygens (including phenoxy) is 1. The number of amidine groups is 1. The van der Waals surface area contributed by atoms with Crippen molar-refractivity contribution >= 4 is 17.6 Å². The zero-order chi connectivity index (χ0) is 16.3.